The van der Waals surface area contributed by atoms with Crippen molar-refractivity contribution in [3.63, 3.8) is 0 Å². The maximum atomic E-state index is 12.4. The second-order valence-electron chi connectivity index (χ2n) is 6.78. The molecule has 0 spiro atoms. The molecule has 0 bridgehead atoms. The first-order valence-corrected chi connectivity index (χ1v) is 10.1. The van der Waals surface area contributed by atoms with Crippen molar-refractivity contribution < 1.29 is 13.2 Å². The summed E-state index contributed by atoms with van der Waals surface area (Å²) < 4.78 is 23.1. The van der Waals surface area contributed by atoms with E-state index in [1.54, 1.807) is 18.2 Å². The summed E-state index contributed by atoms with van der Waals surface area (Å²) in [5.41, 5.74) is 1.48. The largest absolute Gasteiger partial charge is 0.326 e. The number of rotatable bonds is 4. The summed E-state index contributed by atoms with van der Waals surface area (Å²) in [6.07, 6.45) is 5.62. The molecule has 1 N–H and O–H groups in total. The monoisotopic (exact) mass is 336 g/mol. The molecule has 6 heteroatoms. The number of aryl methyl sites for hydroxylation is 1. The van der Waals surface area contributed by atoms with E-state index in [0.29, 0.717) is 5.69 Å². The molecule has 2 aliphatic rings. The number of carbonyl (C=O) groups is 1. The van der Waals surface area contributed by atoms with Crippen LogP contribution in [0.15, 0.2) is 23.1 Å². The van der Waals surface area contributed by atoms with E-state index in [1.165, 1.54) is 19.1 Å². The molecule has 0 radical (unpaired) electrons. The molecule has 0 aromatic heterocycles. The molecular weight excluding hydrogens is 312 g/mol. The minimum Gasteiger partial charge on any atom is -0.326 e. The Labute approximate surface area is 138 Å². The second-order valence-corrected chi connectivity index (χ2v) is 8.80. The van der Waals surface area contributed by atoms with Gasteiger partial charge in [0.2, 0.25) is 5.91 Å². The van der Waals surface area contributed by atoms with Crippen LogP contribution in [0.25, 0.3) is 0 Å². The van der Waals surface area contributed by atoms with E-state index in [-0.39, 0.29) is 16.7 Å². The highest BCUT2D eigenvalue weighted by atomic mass is 32.2. The van der Waals surface area contributed by atoms with Gasteiger partial charge in [-0.15, -0.1) is 0 Å². The summed E-state index contributed by atoms with van der Waals surface area (Å²) in [4.78, 5) is 15.2. The summed E-state index contributed by atoms with van der Waals surface area (Å²) in [5.74, 6) is 0.106. The zero-order valence-corrected chi connectivity index (χ0v) is 14.5. The quantitative estimate of drug-likeness (QED) is 0.915. The van der Waals surface area contributed by atoms with Crippen LogP contribution in [0.4, 0.5) is 5.69 Å². The molecule has 1 aromatic rings. The number of benzene rings is 1. The van der Waals surface area contributed by atoms with Gasteiger partial charge in [-0.3, -0.25) is 4.79 Å². The Bertz CT molecular complexity index is 703. The normalized spacial score (nSPS) is 20.4. The fourth-order valence-electron chi connectivity index (χ4n) is 3.21. The van der Waals surface area contributed by atoms with E-state index >= 15 is 0 Å². The number of likely N-dealkylation sites (tertiary alicyclic amines) is 1. The Morgan fingerprint density at radius 3 is 2.35 bits per heavy atom. The minimum atomic E-state index is -3.22. The van der Waals surface area contributed by atoms with Gasteiger partial charge in [0.25, 0.3) is 0 Å². The minimum absolute atomic E-state index is 0.0515. The highest BCUT2D eigenvalue weighted by Gasteiger charge is 2.33. The Kier molecular flexibility index (Phi) is 4.47. The van der Waals surface area contributed by atoms with Gasteiger partial charge in [0.05, 0.1) is 4.90 Å². The van der Waals surface area contributed by atoms with Gasteiger partial charge in [-0.25, -0.2) is 8.42 Å². The molecule has 1 aliphatic carbocycles. The highest BCUT2D eigenvalue weighted by molar-refractivity contribution is 7.90. The van der Waals surface area contributed by atoms with Gasteiger partial charge >= 0.3 is 0 Å². The van der Waals surface area contributed by atoms with Crippen molar-refractivity contribution in [3.8, 4) is 0 Å². The fourth-order valence-corrected chi connectivity index (χ4v) is 3.91. The predicted octanol–water partition coefficient (Wildman–Crippen LogP) is 2.21. The van der Waals surface area contributed by atoms with Gasteiger partial charge in [0.1, 0.15) is 0 Å². The Morgan fingerprint density at radius 2 is 1.83 bits per heavy atom. The van der Waals surface area contributed by atoms with E-state index in [4.69, 9.17) is 0 Å². The first-order chi connectivity index (χ1) is 10.8. The van der Waals surface area contributed by atoms with Crippen molar-refractivity contribution in [2.75, 3.05) is 24.7 Å². The zero-order valence-electron chi connectivity index (χ0n) is 13.7. The van der Waals surface area contributed by atoms with Crippen LogP contribution < -0.4 is 5.32 Å². The van der Waals surface area contributed by atoms with Crippen LogP contribution in [0.3, 0.4) is 0 Å². The van der Waals surface area contributed by atoms with Crippen LogP contribution in [-0.4, -0.2) is 44.6 Å². The number of amides is 1. The molecule has 0 unspecified atom stereocenters. The number of sulfone groups is 1. The number of carbonyl (C=O) groups excluding carboxylic acids is 1. The van der Waals surface area contributed by atoms with Crippen molar-refractivity contribution >= 4 is 21.4 Å². The molecule has 1 amide bonds. The summed E-state index contributed by atoms with van der Waals surface area (Å²) in [7, 11) is -3.22. The maximum Gasteiger partial charge on any atom is 0.227 e. The molecule has 0 atom stereocenters. The van der Waals surface area contributed by atoms with Crippen LogP contribution in [0.2, 0.25) is 0 Å². The molecule has 23 heavy (non-hydrogen) atoms. The molecule has 2 fully saturated rings. The van der Waals surface area contributed by atoms with Crippen LogP contribution in [0, 0.1) is 12.8 Å². The predicted molar refractivity (Wildman–Crippen MR) is 90.2 cm³/mol. The van der Waals surface area contributed by atoms with Crippen molar-refractivity contribution in [2.24, 2.45) is 5.92 Å². The van der Waals surface area contributed by atoms with Crippen molar-refractivity contribution in [1.29, 1.82) is 0 Å². The van der Waals surface area contributed by atoms with Crippen molar-refractivity contribution in [3.05, 3.63) is 23.8 Å². The summed E-state index contributed by atoms with van der Waals surface area (Å²) >= 11 is 0. The molecule has 126 valence electrons. The molecule has 1 saturated carbocycles. The lowest BCUT2D eigenvalue weighted by molar-refractivity contribution is -0.121. The van der Waals surface area contributed by atoms with Crippen molar-refractivity contribution in [1.82, 2.24) is 4.90 Å². The lowest BCUT2D eigenvalue weighted by Gasteiger charge is -2.31. The smallest absolute Gasteiger partial charge is 0.227 e. The molecule has 1 aromatic carbocycles. The van der Waals surface area contributed by atoms with Gasteiger partial charge in [0, 0.05) is 23.9 Å². The van der Waals surface area contributed by atoms with E-state index < -0.39 is 9.84 Å². The number of nitrogens with one attached hydrogen (secondary N) is 1. The van der Waals surface area contributed by atoms with Gasteiger partial charge in [0.15, 0.2) is 9.84 Å². The maximum absolute atomic E-state index is 12.4. The Morgan fingerprint density at radius 1 is 1.17 bits per heavy atom. The highest BCUT2D eigenvalue weighted by Crippen LogP contribution is 2.31. The van der Waals surface area contributed by atoms with Crippen molar-refractivity contribution in [2.45, 2.75) is 43.5 Å². The molecular formula is C17H24N2O3S. The van der Waals surface area contributed by atoms with E-state index in [0.717, 1.165) is 37.5 Å². The lowest BCUT2D eigenvalue weighted by Crippen LogP contribution is -2.39. The van der Waals surface area contributed by atoms with Crippen LogP contribution in [0.5, 0.6) is 0 Å². The second kappa shape index (κ2) is 6.24. The van der Waals surface area contributed by atoms with Gasteiger partial charge < -0.3 is 10.2 Å². The van der Waals surface area contributed by atoms with Gasteiger partial charge in [-0.2, -0.15) is 0 Å². The summed E-state index contributed by atoms with van der Waals surface area (Å²) in [5, 5.41) is 2.97. The third-order valence-electron chi connectivity index (χ3n) is 4.85. The zero-order chi connectivity index (χ0) is 16.6. The Balaban J connectivity index is 1.61. The number of nitrogens with zero attached hydrogens (tertiary/aromatic N) is 1. The van der Waals surface area contributed by atoms with Crippen LogP contribution in [-0.2, 0) is 14.6 Å². The first kappa shape index (κ1) is 16.5. The lowest BCUT2D eigenvalue weighted by atomic mass is 9.95. The standard InChI is InChI=1S/C17H24N2O3S/c1-12-11-15(23(2,21)22)5-6-16(12)18-17(20)13-7-9-19(10-8-13)14-3-4-14/h5-6,11,13-14H,3-4,7-10H2,1-2H3,(H,18,20). The topological polar surface area (TPSA) is 66.5 Å². The Hall–Kier alpha value is -1.40. The average molecular weight is 336 g/mol. The first-order valence-electron chi connectivity index (χ1n) is 8.20. The molecule has 5 nitrogen and oxygen atoms in total. The third kappa shape index (κ3) is 3.93. The van der Waals surface area contributed by atoms with E-state index in [2.05, 4.69) is 10.2 Å². The van der Waals surface area contributed by atoms with E-state index in [9.17, 15) is 13.2 Å². The number of piperidine rings is 1. The number of hydrogen-bond acceptors (Lipinski definition) is 4. The van der Waals surface area contributed by atoms with Gasteiger partial charge in [-0.1, -0.05) is 0 Å². The molecule has 1 aliphatic heterocycles. The molecule has 1 saturated heterocycles. The fraction of sp³-hybridized carbons (Fsp3) is 0.588. The molecule has 1 heterocycles. The summed E-state index contributed by atoms with van der Waals surface area (Å²) in [6.45, 7) is 3.84. The number of hydrogen-bond donors (Lipinski definition) is 1. The van der Waals surface area contributed by atoms with Crippen LogP contribution in [0.1, 0.15) is 31.2 Å². The third-order valence-corrected chi connectivity index (χ3v) is 5.96. The summed E-state index contributed by atoms with van der Waals surface area (Å²) in [6, 6.07) is 5.61. The molecule has 3 rings (SSSR count). The SMILES string of the molecule is Cc1cc(S(C)(=O)=O)ccc1NC(=O)C1CCN(C2CC2)CC1. The average Bonchev–Trinajstić information content (AvgIpc) is 3.33. The van der Waals surface area contributed by atoms with E-state index in [1.807, 2.05) is 6.92 Å². The van der Waals surface area contributed by atoms with Crippen LogP contribution >= 0.6 is 0 Å². The number of anilines is 1. The van der Waals surface area contributed by atoms with Gasteiger partial charge in [-0.05, 0) is 69.5 Å².